The molecule has 0 atom stereocenters. The Morgan fingerprint density at radius 3 is 2.85 bits per heavy atom. The van der Waals surface area contributed by atoms with Gasteiger partial charge in [0.15, 0.2) is 0 Å². The number of hydrogen-bond acceptors (Lipinski definition) is 5. The van der Waals surface area contributed by atoms with Crippen molar-refractivity contribution in [1.82, 2.24) is 30.0 Å². The summed E-state index contributed by atoms with van der Waals surface area (Å²) in [5, 5.41) is 8.34. The minimum atomic E-state index is -0.119. The number of fused-ring (bicyclic) bond motifs is 1. The highest BCUT2D eigenvalue weighted by Crippen LogP contribution is 2.17. The third-order valence-electron chi connectivity index (χ3n) is 4.18. The second-order valence-corrected chi connectivity index (χ2v) is 6.21. The van der Waals surface area contributed by atoms with E-state index < -0.39 is 0 Å². The molecule has 4 rings (SSSR count). The van der Waals surface area contributed by atoms with Gasteiger partial charge in [-0.05, 0) is 37.3 Å². The predicted octanol–water partition coefficient (Wildman–Crippen LogP) is 2.49. The maximum absolute atomic E-state index is 12.4. The molecule has 1 N–H and O–H groups in total. The molecule has 134 valence electrons. The molecule has 3 aromatic heterocycles. The number of benzene rings is 1. The van der Waals surface area contributed by atoms with Crippen molar-refractivity contribution >= 4 is 16.8 Å². The summed E-state index contributed by atoms with van der Waals surface area (Å²) in [6.07, 6.45) is 9.46. The zero-order chi connectivity index (χ0) is 18.6. The number of aromatic nitrogens is 5. The maximum atomic E-state index is 12.4. The van der Waals surface area contributed by atoms with E-state index >= 15 is 0 Å². The highest BCUT2D eigenvalue weighted by Gasteiger charge is 2.09. The van der Waals surface area contributed by atoms with Gasteiger partial charge in [0, 0.05) is 48.7 Å². The summed E-state index contributed by atoms with van der Waals surface area (Å²) in [5.74, 6) is -0.119. The summed E-state index contributed by atoms with van der Waals surface area (Å²) in [6, 6.07) is 9.27. The van der Waals surface area contributed by atoms with Crippen molar-refractivity contribution < 1.29 is 4.79 Å². The summed E-state index contributed by atoms with van der Waals surface area (Å²) < 4.78 is 1.76. The number of rotatable bonds is 5. The molecule has 0 unspecified atom stereocenters. The summed E-state index contributed by atoms with van der Waals surface area (Å²) in [4.78, 5) is 25.0. The lowest BCUT2D eigenvalue weighted by atomic mass is 10.1. The van der Waals surface area contributed by atoms with Crippen molar-refractivity contribution in [2.24, 2.45) is 0 Å². The lowest BCUT2D eigenvalue weighted by molar-refractivity contribution is 0.0954. The van der Waals surface area contributed by atoms with Crippen LogP contribution < -0.4 is 5.32 Å². The van der Waals surface area contributed by atoms with E-state index in [4.69, 9.17) is 0 Å². The maximum Gasteiger partial charge on any atom is 0.251 e. The zero-order valence-corrected chi connectivity index (χ0v) is 14.8. The molecule has 4 aromatic rings. The van der Waals surface area contributed by atoms with Gasteiger partial charge in [0.1, 0.15) is 0 Å². The number of nitrogens with zero attached hydrogens (tertiary/aromatic N) is 5. The second-order valence-electron chi connectivity index (χ2n) is 6.21. The summed E-state index contributed by atoms with van der Waals surface area (Å²) in [5.41, 5.74) is 4.03. The SMILES string of the molecule is Cc1cnc(CCNC(=O)c2ccc3nn(-c4cccnc4)cc3c2)cn1. The van der Waals surface area contributed by atoms with Gasteiger partial charge in [0.05, 0.1) is 28.8 Å². The van der Waals surface area contributed by atoms with Crippen molar-refractivity contribution in [3.8, 4) is 5.69 Å². The Hall–Kier alpha value is -3.61. The van der Waals surface area contributed by atoms with Gasteiger partial charge in [-0.1, -0.05) is 0 Å². The van der Waals surface area contributed by atoms with Gasteiger partial charge < -0.3 is 5.32 Å². The van der Waals surface area contributed by atoms with Gasteiger partial charge >= 0.3 is 0 Å². The number of pyridine rings is 1. The first-order valence-electron chi connectivity index (χ1n) is 8.64. The number of hydrogen-bond donors (Lipinski definition) is 1. The molecular weight excluding hydrogens is 340 g/mol. The molecule has 0 bridgehead atoms. The van der Waals surface area contributed by atoms with Gasteiger partial charge in [-0.3, -0.25) is 19.7 Å². The molecule has 0 radical (unpaired) electrons. The van der Waals surface area contributed by atoms with Crippen molar-refractivity contribution in [1.29, 1.82) is 0 Å². The van der Waals surface area contributed by atoms with E-state index in [0.29, 0.717) is 18.5 Å². The molecule has 0 aliphatic rings. The van der Waals surface area contributed by atoms with Crippen LogP contribution in [0, 0.1) is 6.92 Å². The van der Waals surface area contributed by atoms with Crippen LogP contribution in [0.5, 0.6) is 0 Å². The highest BCUT2D eigenvalue weighted by molar-refractivity contribution is 5.97. The minimum Gasteiger partial charge on any atom is -0.352 e. The predicted molar refractivity (Wildman–Crippen MR) is 102 cm³/mol. The first-order valence-corrected chi connectivity index (χ1v) is 8.64. The largest absolute Gasteiger partial charge is 0.352 e. The second kappa shape index (κ2) is 7.33. The van der Waals surface area contributed by atoms with Gasteiger partial charge in [0.25, 0.3) is 5.91 Å². The topological polar surface area (TPSA) is 85.6 Å². The van der Waals surface area contributed by atoms with E-state index in [2.05, 4.69) is 25.4 Å². The number of carbonyl (C=O) groups is 1. The number of aryl methyl sites for hydroxylation is 1. The molecule has 1 aromatic carbocycles. The molecule has 3 heterocycles. The van der Waals surface area contributed by atoms with Crippen molar-refractivity contribution in [3.63, 3.8) is 0 Å². The molecule has 0 saturated heterocycles. The number of carbonyl (C=O) groups excluding carboxylic acids is 1. The monoisotopic (exact) mass is 358 g/mol. The zero-order valence-electron chi connectivity index (χ0n) is 14.8. The normalized spacial score (nSPS) is 10.9. The molecule has 7 nitrogen and oxygen atoms in total. The smallest absolute Gasteiger partial charge is 0.251 e. The van der Waals surface area contributed by atoms with Gasteiger partial charge in [-0.2, -0.15) is 5.10 Å². The minimum absolute atomic E-state index is 0.119. The summed E-state index contributed by atoms with van der Waals surface area (Å²) in [6.45, 7) is 2.40. The Morgan fingerprint density at radius 2 is 2.07 bits per heavy atom. The summed E-state index contributed by atoms with van der Waals surface area (Å²) in [7, 11) is 0. The van der Waals surface area contributed by atoms with Crippen LogP contribution in [0.4, 0.5) is 0 Å². The Kier molecular flexibility index (Phi) is 4.57. The van der Waals surface area contributed by atoms with Crippen LogP contribution >= 0.6 is 0 Å². The van der Waals surface area contributed by atoms with Crippen LogP contribution in [-0.2, 0) is 6.42 Å². The van der Waals surface area contributed by atoms with Crippen LogP contribution in [0.15, 0.2) is 61.3 Å². The molecule has 0 aliphatic heterocycles. The van der Waals surface area contributed by atoms with E-state index in [9.17, 15) is 4.79 Å². The molecule has 27 heavy (non-hydrogen) atoms. The van der Waals surface area contributed by atoms with Crippen LogP contribution in [0.25, 0.3) is 16.6 Å². The third-order valence-corrected chi connectivity index (χ3v) is 4.18. The van der Waals surface area contributed by atoms with Crippen molar-refractivity contribution in [3.05, 3.63) is 78.3 Å². The van der Waals surface area contributed by atoms with Gasteiger partial charge in [-0.15, -0.1) is 0 Å². The average Bonchev–Trinajstić information content (AvgIpc) is 3.13. The number of nitrogens with one attached hydrogen (secondary N) is 1. The average molecular weight is 358 g/mol. The third kappa shape index (κ3) is 3.82. The standard InChI is InChI=1S/C20H18N6O/c1-14-10-24-17(11-23-14)6-8-22-20(27)15-4-5-19-16(9-15)13-26(25-19)18-3-2-7-21-12-18/h2-5,7,9-13H,6,8H2,1H3,(H,22,27). The molecule has 7 heteroatoms. The van der Waals surface area contributed by atoms with E-state index in [-0.39, 0.29) is 5.91 Å². The Morgan fingerprint density at radius 1 is 1.15 bits per heavy atom. The first-order chi connectivity index (χ1) is 13.2. The van der Waals surface area contributed by atoms with Gasteiger partial charge in [0.2, 0.25) is 0 Å². The van der Waals surface area contributed by atoms with E-state index in [0.717, 1.165) is 28.0 Å². The molecule has 0 spiro atoms. The highest BCUT2D eigenvalue weighted by atomic mass is 16.1. The van der Waals surface area contributed by atoms with E-state index in [1.165, 1.54) is 0 Å². The van der Waals surface area contributed by atoms with Crippen LogP contribution in [-0.4, -0.2) is 37.2 Å². The van der Waals surface area contributed by atoms with Crippen molar-refractivity contribution in [2.75, 3.05) is 6.54 Å². The Balaban J connectivity index is 1.45. The fourth-order valence-electron chi connectivity index (χ4n) is 2.74. The Labute approximate surface area is 156 Å². The molecular formula is C20H18N6O. The fourth-order valence-corrected chi connectivity index (χ4v) is 2.74. The molecule has 0 aliphatic carbocycles. The first kappa shape index (κ1) is 16.8. The molecule has 0 fully saturated rings. The quantitative estimate of drug-likeness (QED) is 0.592. The van der Waals surface area contributed by atoms with Crippen molar-refractivity contribution in [2.45, 2.75) is 13.3 Å². The molecule has 0 saturated carbocycles. The van der Waals surface area contributed by atoms with E-state index in [1.807, 2.05) is 37.4 Å². The summed E-state index contributed by atoms with van der Waals surface area (Å²) >= 11 is 0. The lowest BCUT2D eigenvalue weighted by Crippen LogP contribution is -2.25. The van der Waals surface area contributed by atoms with E-state index in [1.54, 1.807) is 35.5 Å². The lowest BCUT2D eigenvalue weighted by Gasteiger charge is -2.05. The number of amides is 1. The Bertz CT molecular complexity index is 1070. The van der Waals surface area contributed by atoms with Crippen LogP contribution in [0.1, 0.15) is 21.7 Å². The van der Waals surface area contributed by atoms with Crippen LogP contribution in [0.2, 0.25) is 0 Å². The molecule has 1 amide bonds. The van der Waals surface area contributed by atoms with Gasteiger partial charge in [-0.25, -0.2) is 4.68 Å². The fraction of sp³-hybridized carbons (Fsp3) is 0.150. The van der Waals surface area contributed by atoms with Crippen LogP contribution in [0.3, 0.4) is 0 Å².